The molecule has 1 aliphatic rings. The van der Waals surface area contributed by atoms with Gasteiger partial charge in [0.25, 0.3) is 5.91 Å². The van der Waals surface area contributed by atoms with Crippen molar-refractivity contribution in [1.82, 2.24) is 4.90 Å². The Hall–Kier alpha value is -1.59. The second-order valence-corrected chi connectivity index (χ2v) is 5.31. The van der Waals surface area contributed by atoms with Crippen LogP contribution in [-0.2, 0) is 11.3 Å². The van der Waals surface area contributed by atoms with Gasteiger partial charge in [-0.1, -0.05) is 13.0 Å². The lowest BCUT2D eigenvalue weighted by atomic mass is 10.1. The van der Waals surface area contributed by atoms with Crippen LogP contribution < -0.4 is 15.4 Å². The summed E-state index contributed by atoms with van der Waals surface area (Å²) in [6, 6.07) is 5.82. The highest BCUT2D eigenvalue weighted by Gasteiger charge is 2.33. The molecular weight excluding hydrogens is 254 g/mol. The monoisotopic (exact) mass is 277 g/mol. The third-order valence-corrected chi connectivity index (χ3v) is 3.50. The summed E-state index contributed by atoms with van der Waals surface area (Å²) in [6.07, 6.45) is 0.295. The number of nitrogens with two attached hydrogens (primary N) is 1. The molecule has 1 amide bonds. The standard InChI is InChI=1S/C15H23N3O2/c1-4-13-15(19)18(8-7-17(2)3)12-9-11(10-16)5-6-14(12)20-13/h5-6,9,13H,4,7-8,10,16H2,1-3H3. The number of amides is 1. The summed E-state index contributed by atoms with van der Waals surface area (Å²) in [6.45, 7) is 3.90. The van der Waals surface area contributed by atoms with E-state index in [1.807, 2.05) is 44.1 Å². The van der Waals surface area contributed by atoms with Crippen LogP contribution in [0, 0.1) is 0 Å². The Labute approximate surface area is 120 Å². The maximum absolute atomic E-state index is 12.5. The van der Waals surface area contributed by atoms with Gasteiger partial charge in [-0.25, -0.2) is 0 Å². The van der Waals surface area contributed by atoms with E-state index in [1.54, 1.807) is 0 Å². The van der Waals surface area contributed by atoms with E-state index in [-0.39, 0.29) is 12.0 Å². The van der Waals surface area contributed by atoms with E-state index < -0.39 is 0 Å². The zero-order chi connectivity index (χ0) is 14.7. The van der Waals surface area contributed by atoms with Gasteiger partial charge in [0.15, 0.2) is 6.10 Å². The topological polar surface area (TPSA) is 58.8 Å². The summed E-state index contributed by atoms with van der Waals surface area (Å²) in [4.78, 5) is 16.4. The second-order valence-electron chi connectivity index (χ2n) is 5.31. The fourth-order valence-corrected chi connectivity index (χ4v) is 2.29. The molecule has 0 aliphatic carbocycles. The molecule has 0 bridgehead atoms. The molecule has 5 nitrogen and oxygen atoms in total. The van der Waals surface area contributed by atoms with Gasteiger partial charge < -0.3 is 20.3 Å². The first kappa shape index (κ1) is 14.8. The number of rotatable bonds is 5. The number of nitrogens with zero attached hydrogens (tertiary/aromatic N) is 2. The predicted molar refractivity (Wildman–Crippen MR) is 79.9 cm³/mol. The van der Waals surface area contributed by atoms with Crippen molar-refractivity contribution < 1.29 is 9.53 Å². The number of benzene rings is 1. The number of carbonyl (C=O) groups excluding carboxylic acids is 1. The van der Waals surface area contributed by atoms with Gasteiger partial charge in [-0.15, -0.1) is 0 Å². The number of fused-ring (bicyclic) bond motifs is 1. The fraction of sp³-hybridized carbons (Fsp3) is 0.533. The van der Waals surface area contributed by atoms with E-state index in [1.165, 1.54) is 0 Å². The smallest absolute Gasteiger partial charge is 0.268 e. The Bertz CT molecular complexity index is 488. The Morgan fingerprint density at radius 2 is 2.15 bits per heavy atom. The number of carbonyl (C=O) groups is 1. The molecule has 1 unspecified atom stereocenters. The highest BCUT2D eigenvalue weighted by molar-refractivity contribution is 6.00. The zero-order valence-corrected chi connectivity index (χ0v) is 12.4. The van der Waals surface area contributed by atoms with Crippen LogP contribution in [0.4, 0.5) is 5.69 Å². The van der Waals surface area contributed by atoms with Crippen molar-refractivity contribution in [2.75, 3.05) is 32.1 Å². The van der Waals surface area contributed by atoms with Crippen molar-refractivity contribution in [1.29, 1.82) is 0 Å². The fourth-order valence-electron chi connectivity index (χ4n) is 2.29. The lowest BCUT2D eigenvalue weighted by Crippen LogP contribution is -2.47. The average molecular weight is 277 g/mol. The van der Waals surface area contributed by atoms with Crippen LogP contribution in [0.3, 0.4) is 0 Å². The largest absolute Gasteiger partial charge is 0.478 e. The lowest BCUT2D eigenvalue weighted by molar-refractivity contribution is -0.126. The molecule has 2 N–H and O–H groups in total. The van der Waals surface area contributed by atoms with Gasteiger partial charge in [0.2, 0.25) is 0 Å². The number of hydrogen-bond donors (Lipinski definition) is 1. The van der Waals surface area contributed by atoms with Gasteiger partial charge in [-0.05, 0) is 38.2 Å². The third-order valence-electron chi connectivity index (χ3n) is 3.50. The van der Waals surface area contributed by atoms with Gasteiger partial charge in [0.05, 0.1) is 5.69 Å². The minimum atomic E-state index is -0.381. The molecule has 0 aromatic heterocycles. The molecular formula is C15H23N3O2. The highest BCUT2D eigenvalue weighted by atomic mass is 16.5. The molecule has 1 heterocycles. The van der Waals surface area contributed by atoms with Crippen LogP contribution in [0.25, 0.3) is 0 Å². The van der Waals surface area contributed by atoms with Gasteiger partial charge in [0.1, 0.15) is 5.75 Å². The van der Waals surface area contributed by atoms with E-state index in [4.69, 9.17) is 10.5 Å². The minimum Gasteiger partial charge on any atom is -0.478 e. The van der Waals surface area contributed by atoms with Crippen LogP contribution in [0.1, 0.15) is 18.9 Å². The summed E-state index contributed by atoms with van der Waals surface area (Å²) < 4.78 is 5.78. The quantitative estimate of drug-likeness (QED) is 0.879. The van der Waals surface area contributed by atoms with Crippen LogP contribution in [-0.4, -0.2) is 44.1 Å². The Balaban J connectivity index is 2.34. The van der Waals surface area contributed by atoms with Gasteiger partial charge >= 0.3 is 0 Å². The van der Waals surface area contributed by atoms with Crippen LogP contribution in [0.2, 0.25) is 0 Å². The van der Waals surface area contributed by atoms with E-state index >= 15 is 0 Å². The third kappa shape index (κ3) is 2.94. The summed E-state index contributed by atoms with van der Waals surface area (Å²) >= 11 is 0. The summed E-state index contributed by atoms with van der Waals surface area (Å²) in [5, 5.41) is 0. The Kier molecular flexibility index (Phi) is 4.62. The van der Waals surface area contributed by atoms with Gasteiger partial charge in [0, 0.05) is 19.6 Å². The maximum Gasteiger partial charge on any atom is 0.268 e. The molecule has 1 aliphatic heterocycles. The Morgan fingerprint density at radius 1 is 1.40 bits per heavy atom. The average Bonchev–Trinajstić information content (AvgIpc) is 2.44. The van der Waals surface area contributed by atoms with E-state index in [2.05, 4.69) is 4.90 Å². The molecule has 0 saturated carbocycles. The molecule has 110 valence electrons. The van der Waals surface area contributed by atoms with E-state index in [0.29, 0.717) is 19.5 Å². The summed E-state index contributed by atoms with van der Waals surface area (Å²) in [5.41, 5.74) is 7.53. The zero-order valence-electron chi connectivity index (χ0n) is 12.4. The number of likely N-dealkylation sites (N-methyl/N-ethyl adjacent to an activating group) is 1. The normalized spacial score (nSPS) is 18.1. The maximum atomic E-state index is 12.5. The van der Waals surface area contributed by atoms with E-state index in [9.17, 15) is 4.79 Å². The van der Waals surface area contributed by atoms with Crippen molar-refractivity contribution in [2.45, 2.75) is 26.0 Å². The number of ether oxygens (including phenoxy) is 1. The van der Waals surface area contributed by atoms with Crippen LogP contribution in [0.5, 0.6) is 5.75 Å². The minimum absolute atomic E-state index is 0.0380. The molecule has 5 heteroatoms. The molecule has 0 radical (unpaired) electrons. The van der Waals surface area contributed by atoms with Crippen molar-refractivity contribution in [3.8, 4) is 5.75 Å². The van der Waals surface area contributed by atoms with Gasteiger partial charge in [-0.3, -0.25) is 4.79 Å². The number of anilines is 1. The van der Waals surface area contributed by atoms with Crippen molar-refractivity contribution in [2.24, 2.45) is 5.73 Å². The molecule has 0 spiro atoms. The molecule has 0 saturated heterocycles. The van der Waals surface area contributed by atoms with Crippen molar-refractivity contribution in [3.05, 3.63) is 23.8 Å². The molecule has 1 atom stereocenters. The lowest BCUT2D eigenvalue weighted by Gasteiger charge is -2.35. The highest BCUT2D eigenvalue weighted by Crippen LogP contribution is 2.35. The van der Waals surface area contributed by atoms with Crippen LogP contribution in [0.15, 0.2) is 18.2 Å². The molecule has 20 heavy (non-hydrogen) atoms. The Morgan fingerprint density at radius 3 is 2.75 bits per heavy atom. The first-order valence-electron chi connectivity index (χ1n) is 7.02. The molecule has 0 fully saturated rings. The number of hydrogen-bond acceptors (Lipinski definition) is 4. The summed E-state index contributed by atoms with van der Waals surface area (Å²) in [7, 11) is 4.00. The molecule has 2 rings (SSSR count). The summed E-state index contributed by atoms with van der Waals surface area (Å²) in [5.74, 6) is 0.809. The van der Waals surface area contributed by atoms with Gasteiger partial charge in [-0.2, -0.15) is 0 Å². The van der Waals surface area contributed by atoms with E-state index in [0.717, 1.165) is 23.5 Å². The molecule has 1 aromatic rings. The SMILES string of the molecule is CCC1Oc2ccc(CN)cc2N(CCN(C)C)C1=O. The predicted octanol–water partition coefficient (Wildman–Crippen LogP) is 1.21. The molecule has 1 aromatic carbocycles. The van der Waals surface area contributed by atoms with Crippen LogP contribution >= 0.6 is 0 Å². The second kappa shape index (κ2) is 6.24. The van der Waals surface area contributed by atoms with Crippen molar-refractivity contribution in [3.63, 3.8) is 0 Å². The van der Waals surface area contributed by atoms with Crippen molar-refractivity contribution >= 4 is 11.6 Å². The first-order chi connectivity index (χ1) is 9.56. The first-order valence-corrected chi connectivity index (χ1v) is 7.02.